The Morgan fingerprint density at radius 1 is 1.11 bits per heavy atom. The van der Waals surface area contributed by atoms with Gasteiger partial charge < -0.3 is 5.32 Å². The number of nitrogens with one attached hydrogen (secondary N) is 1. The number of halogens is 1. The van der Waals surface area contributed by atoms with Crippen molar-refractivity contribution in [1.29, 1.82) is 0 Å². The Balaban J connectivity index is 2.02. The lowest BCUT2D eigenvalue weighted by Crippen LogP contribution is -2.22. The number of aromatic nitrogens is 2. The largest absolute Gasteiger partial charge is 0.304 e. The summed E-state index contributed by atoms with van der Waals surface area (Å²) in [5.41, 5.74) is 2.42. The van der Waals surface area contributed by atoms with Crippen LogP contribution in [0, 0.1) is 0 Å². The van der Waals surface area contributed by atoms with Gasteiger partial charge in [0.2, 0.25) is 0 Å². The van der Waals surface area contributed by atoms with E-state index in [1.807, 2.05) is 36.3 Å². The van der Waals surface area contributed by atoms with Crippen molar-refractivity contribution in [1.82, 2.24) is 15.1 Å². The SMILES string of the molecule is CC(NC(C)c1cnn(C)c1)c1ccc(Cl)cc1. The molecule has 96 valence electrons. The summed E-state index contributed by atoms with van der Waals surface area (Å²) < 4.78 is 1.82. The molecule has 0 aliphatic rings. The van der Waals surface area contributed by atoms with Crippen LogP contribution < -0.4 is 5.32 Å². The van der Waals surface area contributed by atoms with Crippen molar-refractivity contribution in [2.45, 2.75) is 25.9 Å². The van der Waals surface area contributed by atoms with Gasteiger partial charge >= 0.3 is 0 Å². The third kappa shape index (κ3) is 3.12. The first kappa shape index (κ1) is 13.1. The van der Waals surface area contributed by atoms with Crippen molar-refractivity contribution < 1.29 is 0 Å². The van der Waals surface area contributed by atoms with E-state index in [0.717, 1.165) is 5.02 Å². The number of nitrogens with zero attached hydrogens (tertiary/aromatic N) is 2. The lowest BCUT2D eigenvalue weighted by atomic mass is 10.1. The molecule has 1 aromatic carbocycles. The second kappa shape index (κ2) is 5.55. The van der Waals surface area contributed by atoms with Crippen molar-refractivity contribution in [3.05, 3.63) is 52.8 Å². The maximum Gasteiger partial charge on any atom is 0.0537 e. The van der Waals surface area contributed by atoms with Gasteiger partial charge in [-0.2, -0.15) is 5.10 Å². The van der Waals surface area contributed by atoms with Crippen molar-refractivity contribution in [2.24, 2.45) is 7.05 Å². The summed E-state index contributed by atoms with van der Waals surface area (Å²) in [6.45, 7) is 4.29. The molecular weight excluding hydrogens is 246 g/mol. The molecule has 18 heavy (non-hydrogen) atoms. The number of rotatable bonds is 4. The highest BCUT2D eigenvalue weighted by Crippen LogP contribution is 2.20. The van der Waals surface area contributed by atoms with Gasteiger partial charge in [-0.25, -0.2) is 0 Å². The molecule has 2 atom stereocenters. The van der Waals surface area contributed by atoms with Crippen LogP contribution in [0.4, 0.5) is 0 Å². The average molecular weight is 264 g/mol. The fraction of sp³-hybridized carbons (Fsp3) is 0.357. The Morgan fingerprint density at radius 3 is 2.28 bits per heavy atom. The zero-order valence-corrected chi connectivity index (χ0v) is 11.6. The molecular formula is C14H18ClN3. The van der Waals surface area contributed by atoms with Gasteiger partial charge in [-0.15, -0.1) is 0 Å². The van der Waals surface area contributed by atoms with Gasteiger partial charge in [0, 0.05) is 35.9 Å². The van der Waals surface area contributed by atoms with E-state index in [0.29, 0.717) is 0 Å². The van der Waals surface area contributed by atoms with E-state index in [4.69, 9.17) is 11.6 Å². The summed E-state index contributed by atoms with van der Waals surface area (Å²) in [7, 11) is 1.93. The first-order chi connectivity index (χ1) is 8.56. The monoisotopic (exact) mass is 263 g/mol. The molecule has 0 aliphatic carbocycles. The lowest BCUT2D eigenvalue weighted by Gasteiger charge is -2.19. The molecule has 2 rings (SSSR count). The van der Waals surface area contributed by atoms with Gasteiger partial charge in [-0.1, -0.05) is 23.7 Å². The molecule has 1 heterocycles. The quantitative estimate of drug-likeness (QED) is 0.915. The van der Waals surface area contributed by atoms with E-state index in [2.05, 4.69) is 36.4 Å². The van der Waals surface area contributed by atoms with Gasteiger partial charge in [0.05, 0.1) is 6.20 Å². The summed E-state index contributed by atoms with van der Waals surface area (Å²) in [5.74, 6) is 0. The first-order valence-corrected chi connectivity index (χ1v) is 6.44. The zero-order chi connectivity index (χ0) is 13.1. The molecule has 0 aliphatic heterocycles. The molecule has 4 heteroatoms. The molecule has 1 N–H and O–H groups in total. The Morgan fingerprint density at radius 2 is 1.72 bits per heavy atom. The second-order valence-corrected chi connectivity index (χ2v) is 5.05. The van der Waals surface area contributed by atoms with E-state index < -0.39 is 0 Å². The highest BCUT2D eigenvalue weighted by molar-refractivity contribution is 6.30. The molecule has 0 saturated carbocycles. The van der Waals surface area contributed by atoms with Crippen LogP contribution >= 0.6 is 11.6 Å². The summed E-state index contributed by atoms with van der Waals surface area (Å²) in [6, 6.07) is 8.49. The molecule has 0 spiro atoms. The molecule has 2 aromatic rings. The molecule has 0 radical (unpaired) electrons. The van der Waals surface area contributed by atoms with Gasteiger partial charge in [-0.05, 0) is 31.5 Å². The Kier molecular flexibility index (Phi) is 4.04. The van der Waals surface area contributed by atoms with Crippen LogP contribution in [0.5, 0.6) is 0 Å². The predicted molar refractivity (Wildman–Crippen MR) is 74.6 cm³/mol. The normalized spacial score (nSPS) is 14.4. The molecule has 0 bridgehead atoms. The summed E-state index contributed by atoms with van der Waals surface area (Å²) in [4.78, 5) is 0. The van der Waals surface area contributed by atoms with E-state index >= 15 is 0 Å². The van der Waals surface area contributed by atoms with Crippen LogP contribution in [0.3, 0.4) is 0 Å². The summed E-state index contributed by atoms with van der Waals surface area (Å²) in [5, 5.41) is 8.51. The Bertz CT molecular complexity index is 504. The third-order valence-corrected chi connectivity index (χ3v) is 3.35. The highest BCUT2D eigenvalue weighted by Gasteiger charge is 2.12. The molecule has 0 fully saturated rings. The predicted octanol–water partition coefficient (Wildman–Crippen LogP) is 3.49. The van der Waals surface area contributed by atoms with Gasteiger partial charge in [-0.3, -0.25) is 4.68 Å². The molecule has 3 nitrogen and oxygen atoms in total. The van der Waals surface area contributed by atoms with E-state index in [1.165, 1.54) is 11.1 Å². The van der Waals surface area contributed by atoms with E-state index in [1.54, 1.807) is 0 Å². The summed E-state index contributed by atoms with van der Waals surface area (Å²) >= 11 is 5.89. The standard InChI is InChI=1S/C14H18ClN3/c1-10(12-4-6-14(15)7-5-12)17-11(2)13-8-16-18(3)9-13/h4-11,17H,1-3H3. The second-order valence-electron chi connectivity index (χ2n) is 4.61. The third-order valence-electron chi connectivity index (χ3n) is 3.09. The molecule has 2 unspecified atom stereocenters. The maximum absolute atomic E-state index is 5.89. The van der Waals surface area contributed by atoms with E-state index in [-0.39, 0.29) is 12.1 Å². The molecule has 0 amide bonds. The van der Waals surface area contributed by atoms with Crippen LogP contribution in [0.15, 0.2) is 36.7 Å². The number of benzene rings is 1. The summed E-state index contributed by atoms with van der Waals surface area (Å²) in [6.07, 6.45) is 3.93. The fourth-order valence-corrected chi connectivity index (χ4v) is 2.11. The minimum absolute atomic E-state index is 0.268. The first-order valence-electron chi connectivity index (χ1n) is 6.06. The van der Waals surface area contributed by atoms with Crippen molar-refractivity contribution in [3.8, 4) is 0 Å². The van der Waals surface area contributed by atoms with Crippen LogP contribution in [-0.2, 0) is 7.05 Å². The highest BCUT2D eigenvalue weighted by atomic mass is 35.5. The average Bonchev–Trinajstić information content (AvgIpc) is 2.76. The number of hydrogen-bond acceptors (Lipinski definition) is 2. The number of aryl methyl sites for hydroxylation is 1. The minimum Gasteiger partial charge on any atom is -0.304 e. The Hall–Kier alpha value is -1.32. The van der Waals surface area contributed by atoms with Crippen LogP contribution in [0.1, 0.15) is 37.1 Å². The van der Waals surface area contributed by atoms with Gasteiger partial charge in [0.15, 0.2) is 0 Å². The van der Waals surface area contributed by atoms with Gasteiger partial charge in [0.1, 0.15) is 0 Å². The molecule has 1 aromatic heterocycles. The zero-order valence-electron chi connectivity index (χ0n) is 10.9. The molecule has 0 saturated heterocycles. The van der Waals surface area contributed by atoms with E-state index in [9.17, 15) is 0 Å². The smallest absolute Gasteiger partial charge is 0.0537 e. The number of hydrogen-bond donors (Lipinski definition) is 1. The lowest BCUT2D eigenvalue weighted by molar-refractivity contribution is 0.494. The van der Waals surface area contributed by atoms with Crippen molar-refractivity contribution >= 4 is 11.6 Å². The van der Waals surface area contributed by atoms with Crippen LogP contribution in [0.25, 0.3) is 0 Å². The minimum atomic E-state index is 0.268. The van der Waals surface area contributed by atoms with Gasteiger partial charge in [0.25, 0.3) is 0 Å². The van der Waals surface area contributed by atoms with Crippen LogP contribution in [-0.4, -0.2) is 9.78 Å². The topological polar surface area (TPSA) is 29.9 Å². The van der Waals surface area contributed by atoms with Crippen molar-refractivity contribution in [2.75, 3.05) is 0 Å². The van der Waals surface area contributed by atoms with Crippen LogP contribution in [0.2, 0.25) is 5.02 Å². The Labute approximate surface area is 113 Å². The maximum atomic E-state index is 5.89. The fourth-order valence-electron chi connectivity index (χ4n) is 1.98. The van der Waals surface area contributed by atoms with Crippen molar-refractivity contribution in [3.63, 3.8) is 0 Å².